The molecule has 10 aromatic carbocycles. The minimum Gasteiger partial charge on any atom is -0.355 e. The zero-order valence-electron chi connectivity index (χ0n) is 39.2. The Labute approximate surface area is 400 Å². The maximum absolute atomic E-state index is 3.95. The molecule has 0 saturated carbocycles. The van der Waals surface area contributed by atoms with Crippen LogP contribution in [0.25, 0.3) is 66.4 Å². The fourth-order valence-corrected chi connectivity index (χ4v) is 11.9. The Hall–Kier alpha value is -7.88. The van der Waals surface area contributed by atoms with Gasteiger partial charge in [-0.25, -0.2) is 0 Å². The highest BCUT2D eigenvalue weighted by molar-refractivity contribution is 6.73. The van der Waals surface area contributed by atoms with E-state index in [0.717, 1.165) is 17.1 Å². The van der Waals surface area contributed by atoms with E-state index < -0.39 is 0 Å². The number of nitrogens with one attached hydrogen (secondary N) is 1. The first-order valence-electron chi connectivity index (χ1n) is 24.0. The van der Waals surface area contributed by atoms with Gasteiger partial charge < -0.3 is 10.2 Å². The van der Waals surface area contributed by atoms with E-state index in [2.05, 4.69) is 258 Å². The summed E-state index contributed by atoms with van der Waals surface area (Å²) >= 11 is 0. The molecule has 0 atom stereocenters. The summed E-state index contributed by atoms with van der Waals surface area (Å²) in [5.41, 5.74) is 26.9. The van der Waals surface area contributed by atoms with Gasteiger partial charge in [-0.3, -0.25) is 0 Å². The Balaban J connectivity index is 1.08. The predicted molar refractivity (Wildman–Crippen MR) is 290 cm³/mol. The third-order valence-electron chi connectivity index (χ3n) is 15.4. The van der Waals surface area contributed by atoms with E-state index in [-0.39, 0.29) is 10.8 Å². The molecule has 0 aromatic heterocycles. The normalized spacial score (nSPS) is 14.3. The van der Waals surface area contributed by atoms with Crippen molar-refractivity contribution in [2.24, 2.45) is 0 Å². The van der Waals surface area contributed by atoms with Crippen molar-refractivity contribution in [1.82, 2.24) is 0 Å². The van der Waals surface area contributed by atoms with Crippen molar-refractivity contribution in [2.75, 3.05) is 10.2 Å². The van der Waals surface area contributed by atoms with Gasteiger partial charge in [0.15, 0.2) is 7.28 Å². The summed E-state index contributed by atoms with van der Waals surface area (Å²) in [5.74, 6) is 0. The smallest absolute Gasteiger partial charge is 0.197 e. The minimum absolute atomic E-state index is 0.159. The number of aryl methyl sites for hydroxylation is 1. The topological polar surface area (TPSA) is 15.3 Å². The van der Waals surface area contributed by atoms with Crippen molar-refractivity contribution in [1.29, 1.82) is 0 Å². The molecule has 0 saturated heterocycles. The maximum atomic E-state index is 3.95. The highest BCUT2D eigenvalue weighted by atomic mass is 15.2. The Morgan fingerprint density at radius 3 is 1.79 bits per heavy atom. The van der Waals surface area contributed by atoms with E-state index in [1.807, 2.05) is 0 Å². The molecule has 0 amide bonds. The molecular weight excluding hydrogens is 820 g/mol. The first-order valence-corrected chi connectivity index (χ1v) is 24.0. The van der Waals surface area contributed by atoms with Crippen LogP contribution in [0.5, 0.6) is 0 Å². The van der Waals surface area contributed by atoms with Gasteiger partial charge in [0.2, 0.25) is 0 Å². The lowest BCUT2D eigenvalue weighted by molar-refractivity contribution is 0.660. The quantitative estimate of drug-likeness (QED) is 0.168. The van der Waals surface area contributed by atoms with Crippen LogP contribution >= 0.6 is 0 Å². The summed E-state index contributed by atoms with van der Waals surface area (Å²) in [5, 5.41) is 6.36. The highest BCUT2D eigenvalue weighted by Crippen LogP contribution is 2.54. The lowest BCUT2D eigenvalue weighted by Crippen LogP contribution is -2.41. The molecule has 0 fully saturated rings. The van der Waals surface area contributed by atoms with Gasteiger partial charge in [-0.2, -0.15) is 0 Å². The predicted octanol–water partition coefficient (Wildman–Crippen LogP) is 15.9. The Kier molecular flexibility index (Phi) is 8.96. The lowest BCUT2D eigenvalue weighted by atomic mass is 9.57. The van der Waals surface area contributed by atoms with E-state index in [9.17, 15) is 0 Å². The average molecular weight is 870 g/mol. The number of rotatable bonds is 6. The Bertz CT molecular complexity index is 3690. The van der Waals surface area contributed by atoms with Crippen molar-refractivity contribution >= 4 is 57.4 Å². The summed E-state index contributed by atoms with van der Waals surface area (Å²) in [6.07, 6.45) is 0. The van der Waals surface area contributed by atoms with E-state index in [1.54, 1.807) is 0 Å². The standard InChI is InChI=1S/C65H50BN2/c1-40-17-9-11-21-47(40)44-35-53(62-48-22-12-10-20-43(48)29-34-59(62)67-45-30-27-42(28-31-45)41-18-7-6-8-19-41)63-61(36-44)68(46-32-33-51-49-23-13-15-25-54(49)64(2,3)56(51)37-46)60-39-57-52(38-58(60)66-63)50-24-14-16-26-55(50)65(57,4)5/h6-39,67H,1-5H3. The number of hydrogen-bond acceptors (Lipinski definition) is 2. The third kappa shape index (κ3) is 6.11. The molecule has 323 valence electrons. The van der Waals surface area contributed by atoms with Crippen LogP contribution in [0.15, 0.2) is 206 Å². The molecular formula is C65H50BN2. The number of anilines is 5. The highest BCUT2D eigenvalue weighted by Gasteiger charge is 2.40. The van der Waals surface area contributed by atoms with Crippen molar-refractivity contribution < 1.29 is 0 Å². The lowest BCUT2D eigenvalue weighted by Gasteiger charge is -2.37. The SMILES string of the molecule is Cc1ccccc1-c1cc(-c2c(Nc3ccc(-c4ccccc4)cc3)ccc3ccccc23)c2c(c1)N(c1ccc3c(c1)C(C)(C)c1ccccc1-3)c1cc3c(cc1[B]2)-c1ccccc1C3(C)C. The fraction of sp³-hybridized carbons (Fsp3) is 0.108. The van der Waals surface area contributed by atoms with E-state index in [1.165, 1.54) is 117 Å². The van der Waals surface area contributed by atoms with E-state index >= 15 is 0 Å². The molecule has 0 unspecified atom stereocenters. The number of hydrogen-bond donors (Lipinski definition) is 1. The van der Waals surface area contributed by atoms with Gasteiger partial charge in [0.1, 0.15) is 0 Å². The Morgan fingerprint density at radius 1 is 0.426 bits per heavy atom. The summed E-state index contributed by atoms with van der Waals surface area (Å²) in [6.45, 7) is 11.8. The molecule has 0 spiro atoms. The molecule has 2 nitrogen and oxygen atoms in total. The van der Waals surface area contributed by atoms with Gasteiger partial charge in [0.25, 0.3) is 0 Å². The molecule has 3 aliphatic rings. The zero-order chi connectivity index (χ0) is 45.9. The van der Waals surface area contributed by atoms with Gasteiger partial charge in [-0.05, 0) is 150 Å². The van der Waals surface area contributed by atoms with Crippen LogP contribution in [0, 0.1) is 6.92 Å². The molecule has 2 aliphatic carbocycles. The second-order valence-corrected chi connectivity index (χ2v) is 20.1. The number of fused-ring (bicyclic) bond motifs is 9. The summed E-state index contributed by atoms with van der Waals surface area (Å²) in [6, 6.07) is 76.8. The average Bonchev–Trinajstić information content (AvgIpc) is 3.74. The Morgan fingerprint density at radius 2 is 1.04 bits per heavy atom. The molecule has 1 heterocycles. The maximum Gasteiger partial charge on any atom is 0.197 e. The second-order valence-electron chi connectivity index (χ2n) is 20.1. The van der Waals surface area contributed by atoms with Gasteiger partial charge in [-0.15, -0.1) is 0 Å². The second kappa shape index (κ2) is 15.1. The van der Waals surface area contributed by atoms with Crippen LogP contribution in [-0.4, -0.2) is 7.28 Å². The summed E-state index contributed by atoms with van der Waals surface area (Å²) < 4.78 is 0. The molecule has 1 N–H and O–H groups in total. The molecule has 1 radical (unpaired) electrons. The number of nitrogens with zero attached hydrogens (tertiary/aromatic N) is 1. The largest absolute Gasteiger partial charge is 0.355 e. The van der Waals surface area contributed by atoms with Crippen molar-refractivity contribution in [3.8, 4) is 55.6 Å². The van der Waals surface area contributed by atoms with Gasteiger partial charge in [0, 0.05) is 44.8 Å². The molecule has 0 bridgehead atoms. The molecule has 13 rings (SSSR count). The minimum atomic E-state index is -0.161. The fourth-order valence-electron chi connectivity index (χ4n) is 11.9. The molecule has 10 aromatic rings. The van der Waals surface area contributed by atoms with Crippen LogP contribution in [0.4, 0.5) is 28.4 Å². The van der Waals surface area contributed by atoms with Crippen LogP contribution < -0.4 is 21.1 Å². The van der Waals surface area contributed by atoms with E-state index in [4.69, 9.17) is 0 Å². The summed E-state index contributed by atoms with van der Waals surface area (Å²) in [7, 11) is 2.49. The molecule has 1 aliphatic heterocycles. The van der Waals surface area contributed by atoms with Crippen molar-refractivity contribution in [3.05, 3.63) is 234 Å². The van der Waals surface area contributed by atoms with Crippen LogP contribution in [0.2, 0.25) is 0 Å². The zero-order valence-corrected chi connectivity index (χ0v) is 39.2. The van der Waals surface area contributed by atoms with Crippen LogP contribution in [0.3, 0.4) is 0 Å². The monoisotopic (exact) mass is 869 g/mol. The van der Waals surface area contributed by atoms with Crippen LogP contribution in [-0.2, 0) is 10.8 Å². The molecule has 3 heteroatoms. The third-order valence-corrected chi connectivity index (χ3v) is 15.4. The first-order chi connectivity index (χ1) is 33.1. The number of benzene rings is 10. The molecule has 68 heavy (non-hydrogen) atoms. The van der Waals surface area contributed by atoms with Gasteiger partial charge in [-0.1, -0.05) is 191 Å². The van der Waals surface area contributed by atoms with Gasteiger partial charge in [0.05, 0.1) is 0 Å². The van der Waals surface area contributed by atoms with Crippen molar-refractivity contribution in [3.63, 3.8) is 0 Å². The van der Waals surface area contributed by atoms with Crippen LogP contribution in [0.1, 0.15) is 55.5 Å². The first kappa shape index (κ1) is 40.4. The van der Waals surface area contributed by atoms with Gasteiger partial charge >= 0.3 is 0 Å². The van der Waals surface area contributed by atoms with E-state index in [0.29, 0.717) is 0 Å². The van der Waals surface area contributed by atoms with Crippen molar-refractivity contribution in [2.45, 2.75) is 45.4 Å². The summed E-state index contributed by atoms with van der Waals surface area (Å²) in [4.78, 5) is 2.59.